The van der Waals surface area contributed by atoms with E-state index in [1.807, 2.05) is 47.8 Å². The van der Waals surface area contributed by atoms with Crippen molar-refractivity contribution in [2.24, 2.45) is 0 Å². The zero-order valence-corrected chi connectivity index (χ0v) is 15.6. The van der Waals surface area contributed by atoms with Gasteiger partial charge in [-0.05, 0) is 35.2 Å². The summed E-state index contributed by atoms with van der Waals surface area (Å²) in [4.78, 5) is 12.6. The highest BCUT2D eigenvalue weighted by Crippen LogP contribution is 2.28. The molecule has 1 atom stereocenters. The van der Waals surface area contributed by atoms with E-state index in [0.29, 0.717) is 0 Å². The van der Waals surface area contributed by atoms with Crippen LogP contribution in [0.1, 0.15) is 26.8 Å². The molecule has 0 aliphatic heterocycles. The fraction of sp³-hybridized carbons (Fsp3) is 0.105. The van der Waals surface area contributed by atoms with Crippen LogP contribution in [-0.2, 0) is 14.8 Å². The number of carbonyl (C=O) groups is 1. The Morgan fingerprint density at radius 3 is 2.46 bits per heavy atom. The van der Waals surface area contributed by atoms with Gasteiger partial charge in [0.25, 0.3) is 0 Å². The van der Waals surface area contributed by atoms with Gasteiger partial charge in [0.15, 0.2) is 0 Å². The predicted octanol–water partition coefficient (Wildman–Crippen LogP) is 3.60. The predicted molar refractivity (Wildman–Crippen MR) is 101 cm³/mol. The zero-order valence-electron chi connectivity index (χ0n) is 14.0. The highest BCUT2D eigenvalue weighted by molar-refractivity contribution is 7.89. The van der Waals surface area contributed by atoms with Crippen LogP contribution in [0.25, 0.3) is 0 Å². The van der Waals surface area contributed by atoms with E-state index in [4.69, 9.17) is 0 Å². The molecule has 2 aromatic carbocycles. The van der Waals surface area contributed by atoms with Gasteiger partial charge in [0.05, 0.1) is 23.6 Å². The molecule has 0 aliphatic rings. The molecule has 26 heavy (non-hydrogen) atoms. The second kappa shape index (κ2) is 7.82. The molecule has 0 aliphatic carbocycles. The normalized spacial score (nSPS) is 12.5. The Morgan fingerprint density at radius 2 is 1.81 bits per heavy atom. The van der Waals surface area contributed by atoms with Gasteiger partial charge in [0, 0.05) is 4.88 Å². The Balaban J connectivity index is 1.97. The molecule has 0 amide bonds. The van der Waals surface area contributed by atoms with Crippen LogP contribution in [0.3, 0.4) is 0 Å². The summed E-state index contributed by atoms with van der Waals surface area (Å²) in [5, 5.41) is 1.90. The summed E-state index contributed by atoms with van der Waals surface area (Å²) in [6, 6.07) is 18.4. The molecule has 0 saturated heterocycles. The molecule has 0 radical (unpaired) electrons. The molecule has 1 aromatic heterocycles. The lowest BCUT2D eigenvalue weighted by molar-refractivity contribution is 0.0600. The summed E-state index contributed by atoms with van der Waals surface area (Å²) >= 11 is 1.47. The molecule has 3 aromatic rings. The quantitative estimate of drug-likeness (QED) is 0.656. The van der Waals surface area contributed by atoms with E-state index in [2.05, 4.69) is 9.46 Å². The lowest BCUT2D eigenvalue weighted by atomic mass is 10.1. The highest BCUT2D eigenvalue weighted by atomic mass is 32.2. The minimum absolute atomic E-state index is 0.0119. The second-order valence-electron chi connectivity index (χ2n) is 5.50. The lowest BCUT2D eigenvalue weighted by Gasteiger charge is -2.18. The van der Waals surface area contributed by atoms with Crippen molar-refractivity contribution in [3.63, 3.8) is 0 Å². The standard InChI is InChI=1S/C19H17NO4S2/c1-24-19(21)15-9-5-10-16(13-15)26(22,23)20-18(17-11-6-12-25-17)14-7-3-2-4-8-14/h2-13,18,20H,1H3/t18-/m1/s1. The zero-order chi connectivity index (χ0) is 18.6. The fourth-order valence-electron chi connectivity index (χ4n) is 2.52. The Hall–Kier alpha value is -2.48. The van der Waals surface area contributed by atoms with Crippen LogP contribution in [0.5, 0.6) is 0 Å². The number of carbonyl (C=O) groups excluding carboxylic acids is 1. The number of esters is 1. The van der Waals surface area contributed by atoms with Crippen LogP contribution in [0.15, 0.2) is 77.0 Å². The van der Waals surface area contributed by atoms with Gasteiger partial charge < -0.3 is 4.74 Å². The van der Waals surface area contributed by atoms with Crippen LogP contribution in [0.4, 0.5) is 0 Å². The number of methoxy groups -OCH3 is 1. The fourth-order valence-corrected chi connectivity index (χ4v) is 4.65. The van der Waals surface area contributed by atoms with E-state index in [0.717, 1.165) is 10.4 Å². The Labute approximate surface area is 156 Å². The number of benzene rings is 2. The topological polar surface area (TPSA) is 72.5 Å². The number of hydrogen-bond acceptors (Lipinski definition) is 5. The monoisotopic (exact) mass is 387 g/mol. The Morgan fingerprint density at radius 1 is 1.04 bits per heavy atom. The maximum atomic E-state index is 12.9. The summed E-state index contributed by atoms with van der Waals surface area (Å²) in [6.07, 6.45) is 0. The van der Waals surface area contributed by atoms with Crippen molar-refractivity contribution < 1.29 is 17.9 Å². The van der Waals surface area contributed by atoms with Gasteiger partial charge >= 0.3 is 5.97 Å². The summed E-state index contributed by atoms with van der Waals surface area (Å²) in [5.41, 5.74) is 1.02. The van der Waals surface area contributed by atoms with Crippen molar-refractivity contribution in [1.82, 2.24) is 4.72 Å². The second-order valence-corrected chi connectivity index (χ2v) is 8.19. The van der Waals surface area contributed by atoms with Gasteiger partial charge in [-0.2, -0.15) is 4.72 Å². The van der Waals surface area contributed by atoms with Crippen LogP contribution >= 0.6 is 11.3 Å². The average Bonchev–Trinajstić information content (AvgIpc) is 3.21. The molecule has 0 bridgehead atoms. The largest absolute Gasteiger partial charge is 0.465 e. The SMILES string of the molecule is COC(=O)c1cccc(S(=O)(=O)N[C@H](c2ccccc2)c2cccs2)c1. The molecule has 134 valence electrons. The molecule has 0 saturated carbocycles. The first-order chi connectivity index (χ1) is 12.5. The van der Waals surface area contributed by atoms with Crippen LogP contribution in [-0.4, -0.2) is 21.5 Å². The smallest absolute Gasteiger partial charge is 0.337 e. The molecular formula is C19H17NO4S2. The number of rotatable bonds is 6. The number of ether oxygens (including phenoxy) is 1. The molecule has 0 spiro atoms. The van der Waals surface area contributed by atoms with Gasteiger partial charge in [0.2, 0.25) is 10.0 Å². The van der Waals surface area contributed by atoms with E-state index < -0.39 is 22.0 Å². The van der Waals surface area contributed by atoms with Gasteiger partial charge in [-0.25, -0.2) is 13.2 Å². The van der Waals surface area contributed by atoms with E-state index in [1.165, 1.54) is 42.7 Å². The van der Waals surface area contributed by atoms with Gasteiger partial charge in [0.1, 0.15) is 0 Å². The van der Waals surface area contributed by atoms with E-state index in [9.17, 15) is 13.2 Å². The summed E-state index contributed by atoms with van der Waals surface area (Å²) in [7, 11) is -2.60. The van der Waals surface area contributed by atoms with Gasteiger partial charge in [-0.15, -0.1) is 11.3 Å². The van der Waals surface area contributed by atoms with Crippen molar-refractivity contribution in [2.75, 3.05) is 7.11 Å². The first-order valence-corrected chi connectivity index (χ1v) is 10.2. The summed E-state index contributed by atoms with van der Waals surface area (Å²) < 4.78 is 33.2. The molecule has 7 heteroatoms. The molecule has 5 nitrogen and oxygen atoms in total. The van der Waals surface area contributed by atoms with Gasteiger partial charge in [-0.3, -0.25) is 0 Å². The Kier molecular flexibility index (Phi) is 5.51. The third-order valence-electron chi connectivity index (χ3n) is 3.80. The number of hydrogen-bond donors (Lipinski definition) is 1. The minimum atomic E-state index is -3.85. The first kappa shape index (κ1) is 18.3. The van der Waals surface area contributed by atoms with Crippen molar-refractivity contribution in [3.05, 3.63) is 88.1 Å². The van der Waals surface area contributed by atoms with E-state index in [-0.39, 0.29) is 10.5 Å². The lowest BCUT2D eigenvalue weighted by Crippen LogP contribution is -2.29. The maximum absolute atomic E-state index is 12.9. The van der Waals surface area contributed by atoms with E-state index >= 15 is 0 Å². The maximum Gasteiger partial charge on any atom is 0.337 e. The molecule has 0 unspecified atom stereocenters. The van der Waals surface area contributed by atoms with Crippen LogP contribution in [0.2, 0.25) is 0 Å². The number of thiophene rings is 1. The Bertz CT molecular complexity index is 983. The number of nitrogens with one attached hydrogen (secondary N) is 1. The molecule has 3 rings (SSSR count). The third-order valence-corrected chi connectivity index (χ3v) is 6.16. The molecular weight excluding hydrogens is 370 g/mol. The number of sulfonamides is 1. The van der Waals surface area contributed by atoms with Crippen LogP contribution < -0.4 is 4.72 Å². The van der Waals surface area contributed by atoms with E-state index in [1.54, 1.807) is 0 Å². The molecule has 1 N–H and O–H groups in total. The summed E-state index contributed by atoms with van der Waals surface area (Å²) in [6.45, 7) is 0. The minimum Gasteiger partial charge on any atom is -0.465 e. The summed E-state index contributed by atoms with van der Waals surface area (Å²) in [5.74, 6) is -0.583. The molecule has 1 heterocycles. The van der Waals surface area contributed by atoms with Crippen LogP contribution in [0, 0.1) is 0 Å². The average molecular weight is 387 g/mol. The van der Waals surface area contributed by atoms with Crippen molar-refractivity contribution in [1.29, 1.82) is 0 Å². The van der Waals surface area contributed by atoms with Crippen molar-refractivity contribution in [2.45, 2.75) is 10.9 Å². The first-order valence-electron chi connectivity index (χ1n) is 7.80. The molecule has 0 fully saturated rings. The highest BCUT2D eigenvalue weighted by Gasteiger charge is 2.24. The van der Waals surface area contributed by atoms with Gasteiger partial charge in [-0.1, -0.05) is 42.5 Å². The third kappa shape index (κ3) is 4.01. The van der Waals surface area contributed by atoms with Crippen molar-refractivity contribution >= 4 is 27.3 Å². The van der Waals surface area contributed by atoms with Crippen molar-refractivity contribution in [3.8, 4) is 0 Å².